The van der Waals surface area contributed by atoms with Crippen LogP contribution in [0.25, 0.3) is 27.4 Å². The van der Waals surface area contributed by atoms with Crippen molar-refractivity contribution in [3.05, 3.63) is 35.2 Å². The molecule has 70 heavy (non-hydrogen) atoms. The third kappa shape index (κ3) is 9.92. The van der Waals surface area contributed by atoms with E-state index in [0.717, 1.165) is 13.1 Å². The number of carbonyl (C=O) groups excluding carboxylic acids is 3. The summed E-state index contributed by atoms with van der Waals surface area (Å²) in [6, 6.07) is 0.423. The summed E-state index contributed by atoms with van der Waals surface area (Å²) in [5.41, 5.74) is 1.58. The van der Waals surface area contributed by atoms with Crippen molar-refractivity contribution >= 4 is 51.0 Å². The number of aliphatic hydroxyl groups is 3. The van der Waals surface area contributed by atoms with Crippen molar-refractivity contribution in [1.82, 2.24) is 9.88 Å². The summed E-state index contributed by atoms with van der Waals surface area (Å²) in [6.07, 6.45) is 5.34. The molecule has 1 saturated carbocycles. The molecule has 2 fully saturated rings. The maximum absolute atomic E-state index is 14.6. The molecule has 2 aromatic carbocycles. The number of fused-ring (bicyclic) bond motifs is 2. The number of esters is 3. The van der Waals surface area contributed by atoms with Crippen LogP contribution in [0.15, 0.2) is 22.6 Å². The highest BCUT2D eigenvalue weighted by Crippen LogP contribution is 2.59. The number of oxazole rings is 1. The zero-order valence-electron chi connectivity index (χ0n) is 43.7. The molecule has 4 aliphatic rings. The molecule has 7 rings (SSSR count). The summed E-state index contributed by atoms with van der Waals surface area (Å²) in [7, 11) is 2.85. The van der Waals surface area contributed by atoms with Gasteiger partial charge in [0.25, 0.3) is 5.79 Å². The van der Waals surface area contributed by atoms with Gasteiger partial charge in [-0.1, -0.05) is 65.2 Å². The minimum atomic E-state index is -2.10. The average molecular weight is 976 g/mol. The van der Waals surface area contributed by atoms with Crippen molar-refractivity contribution in [2.24, 2.45) is 35.0 Å². The number of hydrogen-bond donors (Lipinski definition) is 3. The minimum absolute atomic E-state index is 0.0946. The van der Waals surface area contributed by atoms with Crippen LogP contribution in [0.3, 0.4) is 0 Å². The number of allylic oxidation sites excluding steroid dienone is 3. The second-order valence-electron chi connectivity index (χ2n) is 21.7. The number of piperazine rings is 1. The number of rotatable bonds is 7. The zero-order valence-corrected chi connectivity index (χ0v) is 43.7. The van der Waals surface area contributed by atoms with Crippen molar-refractivity contribution in [3.63, 3.8) is 0 Å². The average Bonchev–Trinajstić information content (AvgIpc) is 3.88. The molecule has 1 aliphatic carbocycles. The van der Waals surface area contributed by atoms with Crippen LogP contribution >= 0.6 is 0 Å². The number of aromatic nitrogens is 1. The van der Waals surface area contributed by atoms with Crippen molar-refractivity contribution in [3.8, 4) is 17.2 Å². The van der Waals surface area contributed by atoms with Gasteiger partial charge in [0, 0.05) is 98.9 Å². The van der Waals surface area contributed by atoms with Crippen molar-refractivity contribution < 1.29 is 62.5 Å². The standard InChI is InChI=1S/C54H77N3O13/c1-27-19-18-20-28(2)50-55-39-40(57-25-23-56(24-26-57)33(7)35-21-16-15-17-22-35)48(65-14)36-37(47(39)67-50)44(68-52(63)53(9,10)11)32(6)45-38(36)49(61)54(12,69-45)70-51(62)46(64-13)31(5)43(66-34(8)58)30(4)42(60)29(3)41(27)59/h18-20,27,29-31,33,35,41-43,46,49,59-61H,15-17,21-26H2,1-14H3/b19-18+,28-20-. The smallest absolute Gasteiger partial charge is 0.339 e. The highest BCUT2D eigenvalue weighted by atomic mass is 16.7. The molecular weight excluding hydrogens is 899 g/mol. The van der Waals surface area contributed by atoms with Gasteiger partial charge in [0.2, 0.25) is 5.89 Å². The second kappa shape index (κ2) is 20.8. The first kappa shape index (κ1) is 53.1. The lowest BCUT2D eigenvalue weighted by Crippen LogP contribution is -2.51. The molecule has 386 valence electrons. The SMILES string of the molecule is COc1c(N2CCN(C(C)C3CCCCC3)CC2)c2nc3oc2c2c(OC(=O)C(C)(C)C)c(C)c4c(c12)C(O)C(C)(OC(=O)C(OC)C(C)C(OC(C)=O)C(C)C(O)C(C)C(O)C(C)/C=C/C=C\3C)O4. The van der Waals surface area contributed by atoms with Crippen LogP contribution in [-0.2, 0) is 28.6 Å². The first-order valence-corrected chi connectivity index (χ1v) is 25.2. The topological polar surface area (TPSA) is 200 Å². The Hall–Kier alpha value is -4.74. The van der Waals surface area contributed by atoms with Crippen molar-refractivity contribution in [1.29, 1.82) is 0 Å². The molecule has 4 heterocycles. The molecule has 6 bridgehead atoms. The molecule has 0 spiro atoms. The normalized spacial score (nSPS) is 31.5. The molecular formula is C54H77N3O13. The highest BCUT2D eigenvalue weighted by molar-refractivity contribution is 6.19. The Labute approximate surface area is 412 Å². The Bertz CT molecular complexity index is 2500. The molecule has 3 aromatic rings. The lowest BCUT2D eigenvalue weighted by atomic mass is 9.78. The van der Waals surface area contributed by atoms with Gasteiger partial charge in [0.05, 0.1) is 30.1 Å². The number of hydrogen-bond acceptors (Lipinski definition) is 16. The molecule has 16 heteroatoms. The maximum Gasteiger partial charge on any atom is 0.339 e. The van der Waals surface area contributed by atoms with Crippen molar-refractivity contribution in [2.75, 3.05) is 45.3 Å². The second-order valence-corrected chi connectivity index (χ2v) is 21.7. The first-order chi connectivity index (χ1) is 32.9. The number of carbonyl (C=O) groups is 3. The predicted octanol–water partition coefficient (Wildman–Crippen LogP) is 8.21. The van der Waals surface area contributed by atoms with E-state index in [9.17, 15) is 29.7 Å². The molecule has 11 unspecified atom stereocenters. The Morgan fingerprint density at radius 2 is 1.56 bits per heavy atom. The first-order valence-electron chi connectivity index (χ1n) is 25.2. The van der Waals surface area contributed by atoms with Crippen LogP contribution in [0.2, 0.25) is 0 Å². The maximum atomic E-state index is 14.6. The molecule has 0 amide bonds. The fourth-order valence-electron chi connectivity index (χ4n) is 11.2. The van der Waals surface area contributed by atoms with Gasteiger partial charge in [-0.05, 0) is 60.3 Å². The summed E-state index contributed by atoms with van der Waals surface area (Å²) >= 11 is 0. The van der Waals surface area contributed by atoms with E-state index in [1.54, 1.807) is 61.7 Å². The summed E-state index contributed by atoms with van der Waals surface area (Å²) in [5.74, 6) is -5.69. The number of benzene rings is 2. The molecule has 1 aromatic heterocycles. The van der Waals surface area contributed by atoms with E-state index >= 15 is 0 Å². The van der Waals surface area contributed by atoms with Gasteiger partial charge in [-0.25, -0.2) is 9.78 Å². The van der Waals surface area contributed by atoms with Gasteiger partial charge >= 0.3 is 17.9 Å². The molecule has 1 saturated heterocycles. The van der Waals surface area contributed by atoms with Crippen LogP contribution in [0.5, 0.6) is 17.2 Å². The van der Waals surface area contributed by atoms with E-state index in [1.807, 2.05) is 26.0 Å². The number of methoxy groups -OCH3 is 2. The van der Waals surface area contributed by atoms with Crippen LogP contribution in [0.4, 0.5) is 5.69 Å². The lowest BCUT2D eigenvalue weighted by molar-refractivity contribution is -0.228. The number of ether oxygens (including phenoxy) is 6. The van der Waals surface area contributed by atoms with Gasteiger partial charge in [0.1, 0.15) is 28.8 Å². The quantitative estimate of drug-likeness (QED) is 0.151. The minimum Gasteiger partial charge on any atom is -0.494 e. The number of anilines is 1. The lowest BCUT2D eigenvalue weighted by Gasteiger charge is -2.42. The van der Waals surface area contributed by atoms with Gasteiger partial charge in [-0.15, -0.1) is 0 Å². The Morgan fingerprint density at radius 3 is 2.16 bits per heavy atom. The predicted molar refractivity (Wildman–Crippen MR) is 266 cm³/mol. The summed E-state index contributed by atoms with van der Waals surface area (Å²) < 4.78 is 44.2. The van der Waals surface area contributed by atoms with Gasteiger partial charge in [0.15, 0.2) is 23.5 Å². The Morgan fingerprint density at radius 1 is 0.900 bits per heavy atom. The monoisotopic (exact) mass is 976 g/mol. The summed E-state index contributed by atoms with van der Waals surface area (Å²) in [4.78, 5) is 51.2. The van der Waals surface area contributed by atoms with Crippen LogP contribution in [-0.4, -0.2) is 120 Å². The van der Waals surface area contributed by atoms with E-state index in [-0.39, 0.29) is 28.5 Å². The van der Waals surface area contributed by atoms with Crippen LogP contribution in [0, 0.1) is 41.9 Å². The van der Waals surface area contributed by atoms with E-state index in [0.29, 0.717) is 63.9 Å². The van der Waals surface area contributed by atoms with E-state index in [2.05, 4.69) is 16.7 Å². The fourth-order valence-corrected chi connectivity index (χ4v) is 11.2. The third-order valence-electron chi connectivity index (χ3n) is 15.7. The highest BCUT2D eigenvalue weighted by Gasteiger charge is 2.53. The van der Waals surface area contributed by atoms with Crippen LogP contribution in [0.1, 0.15) is 131 Å². The molecule has 0 radical (unpaired) electrons. The van der Waals surface area contributed by atoms with E-state index < -0.39 is 83.3 Å². The number of aliphatic hydroxyl groups excluding tert-OH is 3. The van der Waals surface area contributed by atoms with E-state index in [4.69, 9.17) is 37.8 Å². The Balaban J connectivity index is 1.48. The molecule has 11 atom stereocenters. The van der Waals surface area contributed by atoms with Crippen LogP contribution < -0.4 is 19.1 Å². The fraction of sp³-hybridized carbons (Fsp3) is 0.667. The summed E-state index contributed by atoms with van der Waals surface area (Å²) in [5, 5.41) is 36.8. The molecule has 3 N–H and O–H groups in total. The summed E-state index contributed by atoms with van der Waals surface area (Å²) in [6.45, 7) is 23.5. The zero-order chi connectivity index (χ0) is 51.3. The largest absolute Gasteiger partial charge is 0.494 e. The van der Waals surface area contributed by atoms with Gasteiger partial charge in [-0.2, -0.15) is 0 Å². The van der Waals surface area contributed by atoms with Gasteiger partial charge < -0.3 is 53.1 Å². The number of nitrogens with zero attached hydrogens (tertiary/aromatic N) is 3. The molecule has 3 aliphatic heterocycles. The molecule has 16 nitrogen and oxygen atoms in total. The van der Waals surface area contributed by atoms with E-state index in [1.165, 1.54) is 53.1 Å². The third-order valence-corrected chi connectivity index (χ3v) is 15.7. The Kier molecular flexibility index (Phi) is 15.7. The van der Waals surface area contributed by atoms with Crippen molar-refractivity contribution in [2.45, 2.75) is 158 Å². The van der Waals surface area contributed by atoms with Gasteiger partial charge in [-0.3, -0.25) is 14.5 Å².